The second kappa shape index (κ2) is 7.15. The number of H-pyrrole nitrogens is 1. The van der Waals surface area contributed by atoms with Crippen molar-refractivity contribution in [2.75, 3.05) is 0 Å². The molecule has 3 heterocycles. The molecular formula is C15H16N4O8. The normalized spacial score (nSPS) is 24.6. The molecule has 144 valence electrons. The highest BCUT2D eigenvalue weighted by molar-refractivity contribution is 5.70. The summed E-state index contributed by atoms with van der Waals surface area (Å²) in [7, 11) is 0. The van der Waals surface area contributed by atoms with Crippen LogP contribution in [-0.2, 0) is 33.3 Å². The summed E-state index contributed by atoms with van der Waals surface area (Å²) in [5.41, 5.74) is -0.303. The Balaban J connectivity index is 2.06. The SMILES string of the molecule is CC(=O)OC1OC(n2cnc3c(=O)[nH]cnc32)C(OC(C)=O)C1OC(C)=O. The third-order valence-electron chi connectivity index (χ3n) is 3.67. The van der Waals surface area contributed by atoms with E-state index in [9.17, 15) is 19.2 Å². The summed E-state index contributed by atoms with van der Waals surface area (Å²) in [5.74, 6) is -2.06. The topological polar surface area (TPSA) is 152 Å². The van der Waals surface area contributed by atoms with Gasteiger partial charge < -0.3 is 23.9 Å². The number of rotatable bonds is 4. The molecule has 0 spiro atoms. The second-order valence-corrected chi connectivity index (χ2v) is 5.71. The Morgan fingerprint density at radius 1 is 1.04 bits per heavy atom. The maximum atomic E-state index is 11.8. The lowest BCUT2D eigenvalue weighted by molar-refractivity contribution is -0.198. The third-order valence-corrected chi connectivity index (χ3v) is 3.67. The van der Waals surface area contributed by atoms with Crippen molar-refractivity contribution in [2.45, 2.75) is 45.5 Å². The molecule has 4 atom stereocenters. The van der Waals surface area contributed by atoms with Crippen molar-refractivity contribution in [1.29, 1.82) is 0 Å². The highest BCUT2D eigenvalue weighted by Crippen LogP contribution is 2.35. The van der Waals surface area contributed by atoms with E-state index < -0.39 is 48.2 Å². The first kappa shape index (κ1) is 18.5. The number of hydrogen-bond acceptors (Lipinski definition) is 10. The van der Waals surface area contributed by atoms with Crippen LogP contribution in [0.15, 0.2) is 17.4 Å². The first-order valence-corrected chi connectivity index (χ1v) is 7.85. The quantitative estimate of drug-likeness (QED) is 0.537. The van der Waals surface area contributed by atoms with E-state index in [1.807, 2.05) is 0 Å². The molecule has 0 aliphatic carbocycles. The molecule has 27 heavy (non-hydrogen) atoms. The van der Waals surface area contributed by atoms with Gasteiger partial charge in [0.15, 0.2) is 23.5 Å². The minimum absolute atomic E-state index is 0.0302. The molecule has 2 aromatic heterocycles. The number of nitrogens with zero attached hydrogens (tertiary/aromatic N) is 3. The zero-order valence-electron chi connectivity index (χ0n) is 14.6. The molecule has 1 aliphatic rings. The summed E-state index contributed by atoms with van der Waals surface area (Å²) >= 11 is 0. The van der Waals surface area contributed by atoms with Crippen molar-refractivity contribution in [3.8, 4) is 0 Å². The van der Waals surface area contributed by atoms with Crippen molar-refractivity contribution in [3.05, 3.63) is 23.0 Å². The van der Waals surface area contributed by atoms with Crippen molar-refractivity contribution in [3.63, 3.8) is 0 Å². The zero-order valence-corrected chi connectivity index (χ0v) is 14.6. The summed E-state index contributed by atoms with van der Waals surface area (Å²) in [5, 5.41) is 0. The van der Waals surface area contributed by atoms with Crippen LogP contribution in [0.5, 0.6) is 0 Å². The Labute approximate surface area is 151 Å². The van der Waals surface area contributed by atoms with Crippen LogP contribution in [0, 0.1) is 0 Å². The van der Waals surface area contributed by atoms with E-state index in [1.54, 1.807) is 0 Å². The summed E-state index contributed by atoms with van der Waals surface area (Å²) in [6, 6.07) is 0. The van der Waals surface area contributed by atoms with Gasteiger partial charge in [0.25, 0.3) is 5.56 Å². The fourth-order valence-corrected chi connectivity index (χ4v) is 2.77. The summed E-state index contributed by atoms with van der Waals surface area (Å²) in [6.45, 7) is 3.46. The van der Waals surface area contributed by atoms with E-state index >= 15 is 0 Å². The van der Waals surface area contributed by atoms with Gasteiger partial charge in [-0.25, -0.2) is 9.97 Å². The average Bonchev–Trinajstić information content (AvgIpc) is 3.11. The number of imidazole rings is 1. The number of aromatic nitrogens is 4. The van der Waals surface area contributed by atoms with Crippen LogP contribution in [0.4, 0.5) is 0 Å². The van der Waals surface area contributed by atoms with Crippen molar-refractivity contribution >= 4 is 29.1 Å². The number of ether oxygens (including phenoxy) is 4. The first-order valence-electron chi connectivity index (χ1n) is 7.85. The number of nitrogens with one attached hydrogen (secondary N) is 1. The van der Waals surface area contributed by atoms with Gasteiger partial charge in [-0.05, 0) is 0 Å². The smallest absolute Gasteiger partial charge is 0.305 e. The van der Waals surface area contributed by atoms with Gasteiger partial charge in [-0.15, -0.1) is 0 Å². The molecule has 0 aromatic carbocycles. The van der Waals surface area contributed by atoms with Gasteiger partial charge in [-0.1, -0.05) is 0 Å². The van der Waals surface area contributed by atoms with Crippen LogP contribution in [0.25, 0.3) is 11.2 Å². The lowest BCUT2D eigenvalue weighted by Gasteiger charge is -2.23. The molecule has 1 N–H and O–H groups in total. The molecule has 1 fully saturated rings. The Morgan fingerprint density at radius 2 is 1.67 bits per heavy atom. The van der Waals surface area contributed by atoms with Gasteiger partial charge in [-0.3, -0.25) is 23.7 Å². The lowest BCUT2D eigenvalue weighted by atomic mass is 10.2. The van der Waals surface area contributed by atoms with E-state index in [1.165, 1.54) is 17.2 Å². The molecule has 12 heteroatoms. The van der Waals surface area contributed by atoms with Crippen LogP contribution in [0.3, 0.4) is 0 Å². The lowest BCUT2D eigenvalue weighted by Crippen LogP contribution is -2.40. The molecule has 0 radical (unpaired) electrons. The van der Waals surface area contributed by atoms with Gasteiger partial charge in [0.05, 0.1) is 12.7 Å². The molecular weight excluding hydrogens is 364 g/mol. The number of carbonyl (C=O) groups is 3. The fraction of sp³-hybridized carbons (Fsp3) is 0.467. The molecule has 0 bridgehead atoms. The highest BCUT2D eigenvalue weighted by atomic mass is 16.8. The molecule has 4 unspecified atom stereocenters. The standard InChI is InChI=1S/C15H16N4O8/c1-6(20)24-10-11(25-7(2)21)15(26-8(3)22)27-14(10)19-5-18-9-12(19)16-4-17-13(9)23/h4-5,10-11,14-15H,1-3H3,(H,16,17,23). The third kappa shape index (κ3) is 3.65. The van der Waals surface area contributed by atoms with Crippen LogP contribution < -0.4 is 5.56 Å². The van der Waals surface area contributed by atoms with Crippen LogP contribution in [-0.4, -0.2) is 55.9 Å². The van der Waals surface area contributed by atoms with Gasteiger partial charge in [0.2, 0.25) is 12.4 Å². The van der Waals surface area contributed by atoms with Gasteiger partial charge in [-0.2, -0.15) is 0 Å². The van der Waals surface area contributed by atoms with Crippen molar-refractivity contribution in [2.24, 2.45) is 0 Å². The summed E-state index contributed by atoms with van der Waals surface area (Å²) in [4.78, 5) is 56.7. The number of aromatic amines is 1. The Hall–Kier alpha value is -3.28. The minimum Gasteiger partial charge on any atom is -0.453 e. The average molecular weight is 380 g/mol. The van der Waals surface area contributed by atoms with Crippen molar-refractivity contribution in [1.82, 2.24) is 19.5 Å². The predicted molar refractivity (Wildman–Crippen MR) is 84.9 cm³/mol. The van der Waals surface area contributed by atoms with Gasteiger partial charge in [0, 0.05) is 20.8 Å². The Kier molecular flexibility index (Phi) is 4.90. The predicted octanol–water partition coefficient (Wildman–Crippen LogP) is -0.599. The Morgan fingerprint density at radius 3 is 2.30 bits per heavy atom. The van der Waals surface area contributed by atoms with E-state index in [0.717, 1.165) is 20.8 Å². The van der Waals surface area contributed by atoms with Gasteiger partial charge >= 0.3 is 17.9 Å². The Bertz CT molecular complexity index is 951. The molecule has 1 saturated heterocycles. The summed E-state index contributed by atoms with van der Waals surface area (Å²) in [6.07, 6.45) is -2.41. The van der Waals surface area contributed by atoms with E-state index in [4.69, 9.17) is 18.9 Å². The molecule has 2 aromatic rings. The van der Waals surface area contributed by atoms with Crippen LogP contribution >= 0.6 is 0 Å². The number of fused-ring (bicyclic) bond motifs is 1. The van der Waals surface area contributed by atoms with Crippen LogP contribution in [0.2, 0.25) is 0 Å². The highest BCUT2D eigenvalue weighted by Gasteiger charge is 2.52. The second-order valence-electron chi connectivity index (χ2n) is 5.71. The fourth-order valence-electron chi connectivity index (χ4n) is 2.77. The number of carbonyl (C=O) groups excluding carboxylic acids is 3. The number of hydrogen-bond donors (Lipinski definition) is 1. The largest absolute Gasteiger partial charge is 0.453 e. The molecule has 1 aliphatic heterocycles. The molecule has 0 amide bonds. The summed E-state index contributed by atoms with van der Waals surface area (Å²) < 4.78 is 22.5. The monoisotopic (exact) mass is 380 g/mol. The molecule has 12 nitrogen and oxygen atoms in total. The molecule has 3 rings (SSSR count). The first-order chi connectivity index (χ1) is 12.8. The zero-order chi connectivity index (χ0) is 19.7. The number of esters is 3. The van der Waals surface area contributed by atoms with E-state index in [0.29, 0.717) is 0 Å². The van der Waals surface area contributed by atoms with E-state index in [-0.39, 0.29) is 11.2 Å². The van der Waals surface area contributed by atoms with E-state index in [2.05, 4.69) is 15.0 Å². The maximum Gasteiger partial charge on any atom is 0.305 e. The van der Waals surface area contributed by atoms with Gasteiger partial charge in [0.1, 0.15) is 0 Å². The van der Waals surface area contributed by atoms with Crippen molar-refractivity contribution < 1.29 is 33.3 Å². The van der Waals surface area contributed by atoms with Crippen LogP contribution in [0.1, 0.15) is 27.0 Å². The minimum atomic E-state index is -1.33. The maximum absolute atomic E-state index is 11.8. The molecule has 0 saturated carbocycles.